The van der Waals surface area contributed by atoms with Crippen LogP contribution < -0.4 is 10.6 Å². The predicted octanol–water partition coefficient (Wildman–Crippen LogP) is 4.01. The van der Waals surface area contributed by atoms with Gasteiger partial charge in [-0.2, -0.15) is 0 Å². The van der Waals surface area contributed by atoms with E-state index in [2.05, 4.69) is 10.6 Å². The Hall–Kier alpha value is -2.00. The van der Waals surface area contributed by atoms with Gasteiger partial charge in [0.1, 0.15) is 0 Å². The highest BCUT2D eigenvalue weighted by molar-refractivity contribution is 6.33. The second-order valence-corrected chi connectivity index (χ2v) is 5.06. The van der Waals surface area contributed by atoms with E-state index in [4.69, 9.17) is 11.6 Å². The summed E-state index contributed by atoms with van der Waals surface area (Å²) < 4.78 is 0. The van der Waals surface area contributed by atoms with E-state index in [0.29, 0.717) is 10.7 Å². The first-order valence-electron chi connectivity index (χ1n) is 6.42. The maximum absolute atomic E-state index is 11.9. The fourth-order valence-corrected chi connectivity index (χ4v) is 2.20. The smallest absolute Gasteiger partial charge is 0.243 e. The van der Waals surface area contributed by atoms with Crippen LogP contribution in [0.25, 0.3) is 0 Å². The first kappa shape index (κ1) is 14.4. The van der Waals surface area contributed by atoms with Gasteiger partial charge in [-0.1, -0.05) is 41.9 Å². The number of carbonyl (C=O) groups is 1. The van der Waals surface area contributed by atoms with E-state index in [1.165, 1.54) is 0 Å². The Morgan fingerprint density at radius 2 is 1.70 bits per heavy atom. The lowest BCUT2D eigenvalue weighted by atomic mass is 10.1. The van der Waals surface area contributed by atoms with Crippen LogP contribution in [0.5, 0.6) is 0 Å². The van der Waals surface area contributed by atoms with Crippen molar-refractivity contribution in [1.82, 2.24) is 0 Å². The van der Waals surface area contributed by atoms with Gasteiger partial charge in [0.2, 0.25) is 5.91 Å². The van der Waals surface area contributed by atoms with Gasteiger partial charge in [0, 0.05) is 5.69 Å². The van der Waals surface area contributed by atoms with Crippen molar-refractivity contribution in [3.8, 4) is 0 Å². The van der Waals surface area contributed by atoms with Crippen LogP contribution in [0.3, 0.4) is 0 Å². The molecular formula is C16H17ClN2O. The summed E-state index contributed by atoms with van der Waals surface area (Å²) >= 11 is 6.00. The van der Waals surface area contributed by atoms with Crippen LogP contribution in [0.15, 0.2) is 42.5 Å². The number of rotatable bonds is 4. The molecule has 4 heteroatoms. The quantitative estimate of drug-likeness (QED) is 0.892. The van der Waals surface area contributed by atoms with Crippen LogP contribution in [-0.4, -0.2) is 12.5 Å². The Morgan fingerprint density at radius 3 is 2.35 bits per heavy atom. The lowest BCUT2D eigenvalue weighted by Crippen LogP contribution is -2.22. The van der Waals surface area contributed by atoms with Gasteiger partial charge in [-0.15, -0.1) is 0 Å². The second kappa shape index (κ2) is 6.44. The Labute approximate surface area is 124 Å². The zero-order valence-corrected chi connectivity index (χ0v) is 12.3. The van der Waals surface area contributed by atoms with E-state index < -0.39 is 0 Å². The Balaban J connectivity index is 1.98. The summed E-state index contributed by atoms with van der Waals surface area (Å²) in [6.45, 7) is 4.24. The summed E-state index contributed by atoms with van der Waals surface area (Å²) in [6.07, 6.45) is 0. The Bertz CT molecular complexity index is 605. The van der Waals surface area contributed by atoms with Crippen molar-refractivity contribution in [2.24, 2.45) is 0 Å². The number of amides is 1. The van der Waals surface area contributed by atoms with Crippen molar-refractivity contribution in [3.63, 3.8) is 0 Å². The molecule has 2 rings (SSSR count). The van der Waals surface area contributed by atoms with Crippen LogP contribution in [-0.2, 0) is 4.79 Å². The molecule has 0 bridgehead atoms. The fraction of sp³-hybridized carbons (Fsp3) is 0.188. The SMILES string of the molecule is Cc1cccc(C)c1NCC(=O)Nc1ccccc1Cl. The number of nitrogens with one attached hydrogen (secondary N) is 2. The normalized spacial score (nSPS) is 10.2. The summed E-state index contributed by atoms with van der Waals surface area (Å²) in [4.78, 5) is 11.9. The van der Waals surface area contributed by atoms with E-state index in [0.717, 1.165) is 16.8 Å². The molecule has 0 saturated heterocycles. The average molecular weight is 289 g/mol. The van der Waals surface area contributed by atoms with Gasteiger partial charge in [0.15, 0.2) is 0 Å². The molecule has 0 unspecified atom stereocenters. The van der Waals surface area contributed by atoms with Gasteiger partial charge in [-0.25, -0.2) is 0 Å². The highest BCUT2D eigenvalue weighted by Crippen LogP contribution is 2.21. The number of aryl methyl sites for hydroxylation is 2. The zero-order valence-electron chi connectivity index (χ0n) is 11.5. The molecule has 2 aromatic rings. The number of hydrogen-bond acceptors (Lipinski definition) is 2. The van der Waals surface area contributed by atoms with Crippen LogP contribution in [0.2, 0.25) is 5.02 Å². The minimum Gasteiger partial charge on any atom is -0.376 e. The van der Waals surface area contributed by atoms with E-state index in [1.807, 2.05) is 44.2 Å². The molecule has 20 heavy (non-hydrogen) atoms. The largest absolute Gasteiger partial charge is 0.376 e. The number of halogens is 1. The molecule has 2 aromatic carbocycles. The van der Waals surface area contributed by atoms with Gasteiger partial charge < -0.3 is 10.6 Å². The van der Waals surface area contributed by atoms with Gasteiger partial charge >= 0.3 is 0 Å². The molecule has 0 aliphatic carbocycles. The van der Waals surface area contributed by atoms with E-state index >= 15 is 0 Å². The molecular weight excluding hydrogens is 272 g/mol. The molecule has 0 spiro atoms. The third-order valence-corrected chi connectivity index (χ3v) is 3.38. The monoisotopic (exact) mass is 288 g/mol. The van der Waals surface area contributed by atoms with Gasteiger partial charge in [-0.05, 0) is 37.1 Å². The molecule has 0 aliphatic heterocycles. The van der Waals surface area contributed by atoms with Crippen molar-refractivity contribution < 1.29 is 4.79 Å². The maximum Gasteiger partial charge on any atom is 0.243 e. The molecule has 104 valence electrons. The fourth-order valence-electron chi connectivity index (χ4n) is 2.02. The van der Waals surface area contributed by atoms with E-state index in [1.54, 1.807) is 12.1 Å². The average Bonchev–Trinajstić information content (AvgIpc) is 2.41. The summed E-state index contributed by atoms with van der Waals surface area (Å²) in [5.74, 6) is -0.124. The molecule has 1 amide bonds. The molecule has 0 saturated carbocycles. The van der Waals surface area contributed by atoms with Crippen LogP contribution in [0.1, 0.15) is 11.1 Å². The van der Waals surface area contributed by atoms with E-state index in [9.17, 15) is 4.79 Å². The number of benzene rings is 2. The third-order valence-electron chi connectivity index (χ3n) is 3.05. The predicted molar refractivity (Wildman–Crippen MR) is 84.5 cm³/mol. The maximum atomic E-state index is 11.9. The molecule has 2 N–H and O–H groups in total. The molecule has 0 aromatic heterocycles. The Morgan fingerprint density at radius 1 is 1.05 bits per heavy atom. The van der Waals surface area contributed by atoms with Crippen molar-refractivity contribution in [3.05, 3.63) is 58.6 Å². The minimum atomic E-state index is -0.124. The topological polar surface area (TPSA) is 41.1 Å². The van der Waals surface area contributed by atoms with Gasteiger partial charge in [0.05, 0.1) is 17.3 Å². The molecule has 0 atom stereocenters. The summed E-state index contributed by atoms with van der Waals surface area (Å²) in [5.41, 5.74) is 3.87. The first-order chi connectivity index (χ1) is 9.58. The lowest BCUT2D eigenvalue weighted by molar-refractivity contribution is -0.114. The van der Waals surface area contributed by atoms with Crippen LogP contribution in [0, 0.1) is 13.8 Å². The van der Waals surface area contributed by atoms with Gasteiger partial charge in [-0.3, -0.25) is 4.79 Å². The standard InChI is InChI=1S/C16H17ClN2O/c1-11-6-5-7-12(2)16(11)18-10-15(20)19-14-9-4-3-8-13(14)17/h3-9,18H,10H2,1-2H3,(H,19,20). The van der Waals surface area contributed by atoms with Gasteiger partial charge in [0.25, 0.3) is 0 Å². The van der Waals surface area contributed by atoms with E-state index in [-0.39, 0.29) is 12.5 Å². The summed E-state index contributed by atoms with van der Waals surface area (Å²) in [7, 11) is 0. The number of anilines is 2. The second-order valence-electron chi connectivity index (χ2n) is 4.65. The van der Waals surface area contributed by atoms with Crippen molar-refractivity contribution in [1.29, 1.82) is 0 Å². The number of para-hydroxylation sites is 2. The summed E-state index contributed by atoms with van der Waals surface area (Å²) in [6, 6.07) is 13.2. The molecule has 0 heterocycles. The van der Waals surface area contributed by atoms with Crippen LogP contribution >= 0.6 is 11.6 Å². The number of hydrogen-bond donors (Lipinski definition) is 2. The summed E-state index contributed by atoms with van der Waals surface area (Å²) in [5, 5.41) is 6.49. The first-order valence-corrected chi connectivity index (χ1v) is 6.80. The van der Waals surface area contributed by atoms with Crippen molar-refractivity contribution in [2.75, 3.05) is 17.2 Å². The van der Waals surface area contributed by atoms with Crippen LogP contribution in [0.4, 0.5) is 11.4 Å². The lowest BCUT2D eigenvalue weighted by Gasteiger charge is -2.13. The molecule has 0 aliphatic rings. The highest BCUT2D eigenvalue weighted by atomic mass is 35.5. The Kier molecular flexibility index (Phi) is 4.64. The minimum absolute atomic E-state index is 0.124. The molecule has 0 radical (unpaired) electrons. The highest BCUT2D eigenvalue weighted by Gasteiger charge is 2.07. The molecule has 3 nitrogen and oxygen atoms in total. The number of carbonyl (C=O) groups excluding carboxylic acids is 1. The third kappa shape index (κ3) is 3.52. The zero-order chi connectivity index (χ0) is 14.5. The molecule has 0 fully saturated rings. The van der Waals surface area contributed by atoms with Crippen molar-refractivity contribution >= 4 is 28.9 Å². The van der Waals surface area contributed by atoms with Crippen molar-refractivity contribution in [2.45, 2.75) is 13.8 Å².